The van der Waals surface area contributed by atoms with Gasteiger partial charge in [0, 0.05) is 11.3 Å². The number of fused-ring (bicyclic) bond motifs is 2. The standard InChI is InChI=1S/C17H15FN6S/c1-9-14(10-5-7-11(18)8-6-10)23-24-16(21-22-17(24)25-9)15-12-3-2-4-13(12)19-20-15/h5-9H,2-4H2,1H3,(H,19,20). The van der Waals surface area contributed by atoms with Crippen molar-refractivity contribution in [1.29, 1.82) is 0 Å². The van der Waals surface area contributed by atoms with E-state index in [9.17, 15) is 4.39 Å². The molecule has 0 amide bonds. The van der Waals surface area contributed by atoms with Gasteiger partial charge in [-0.3, -0.25) is 5.10 Å². The third-order valence-corrected chi connectivity index (χ3v) is 5.69. The highest BCUT2D eigenvalue weighted by Gasteiger charge is 2.29. The highest BCUT2D eigenvalue weighted by atomic mass is 32.2. The van der Waals surface area contributed by atoms with Crippen LogP contribution in [0.2, 0.25) is 0 Å². The molecule has 2 aromatic heterocycles. The van der Waals surface area contributed by atoms with Gasteiger partial charge in [0.1, 0.15) is 11.5 Å². The second kappa shape index (κ2) is 5.52. The van der Waals surface area contributed by atoms with E-state index in [1.54, 1.807) is 28.6 Å². The van der Waals surface area contributed by atoms with Gasteiger partial charge in [0.15, 0.2) is 0 Å². The fraction of sp³-hybridized carbons (Fsp3) is 0.294. The van der Waals surface area contributed by atoms with Crippen molar-refractivity contribution in [2.75, 3.05) is 0 Å². The van der Waals surface area contributed by atoms with Gasteiger partial charge >= 0.3 is 0 Å². The van der Waals surface area contributed by atoms with E-state index < -0.39 is 0 Å². The lowest BCUT2D eigenvalue weighted by Crippen LogP contribution is -2.21. The first-order valence-corrected chi connectivity index (χ1v) is 9.12. The fourth-order valence-electron chi connectivity index (χ4n) is 3.40. The number of aromatic nitrogens is 5. The lowest BCUT2D eigenvalue weighted by atomic mass is 10.1. The summed E-state index contributed by atoms with van der Waals surface area (Å²) >= 11 is 1.60. The molecule has 25 heavy (non-hydrogen) atoms. The van der Waals surface area contributed by atoms with Crippen LogP contribution in [0.25, 0.3) is 11.5 Å². The van der Waals surface area contributed by atoms with Crippen LogP contribution in [0.5, 0.6) is 0 Å². The average molecular weight is 354 g/mol. The van der Waals surface area contributed by atoms with Crippen molar-refractivity contribution in [3.63, 3.8) is 0 Å². The first-order valence-electron chi connectivity index (χ1n) is 8.24. The van der Waals surface area contributed by atoms with E-state index in [4.69, 9.17) is 5.10 Å². The predicted octanol–water partition coefficient (Wildman–Crippen LogP) is 3.04. The Kier molecular flexibility index (Phi) is 3.27. The molecule has 2 aliphatic rings. The quantitative estimate of drug-likeness (QED) is 0.768. The second-order valence-electron chi connectivity index (χ2n) is 6.25. The monoisotopic (exact) mass is 354 g/mol. The van der Waals surface area contributed by atoms with Gasteiger partial charge in [-0.25, -0.2) is 4.39 Å². The van der Waals surface area contributed by atoms with Gasteiger partial charge in [0.2, 0.25) is 11.0 Å². The molecule has 0 bridgehead atoms. The first-order chi connectivity index (χ1) is 12.2. The average Bonchev–Trinajstić information content (AvgIpc) is 3.30. The van der Waals surface area contributed by atoms with E-state index in [2.05, 4.69) is 27.3 Å². The van der Waals surface area contributed by atoms with Crippen LogP contribution in [0.3, 0.4) is 0 Å². The molecular weight excluding hydrogens is 339 g/mol. The molecule has 1 aromatic carbocycles. The molecule has 6 nitrogen and oxygen atoms in total. The van der Waals surface area contributed by atoms with Gasteiger partial charge in [-0.15, -0.1) is 10.2 Å². The summed E-state index contributed by atoms with van der Waals surface area (Å²) in [5.41, 5.74) is 5.03. The normalized spacial score (nSPS) is 18.8. The molecule has 0 saturated carbocycles. The van der Waals surface area contributed by atoms with Crippen LogP contribution in [-0.2, 0) is 12.8 Å². The number of thioether (sulfide) groups is 1. The first kappa shape index (κ1) is 14.8. The van der Waals surface area contributed by atoms with E-state index in [0.29, 0.717) is 5.82 Å². The third-order valence-electron chi connectivity index (χ3n) is 4.65. The zero-order chi connectivity index (χ0) is 17.0. The van der Waals surface area contributed by atoms with E-state index in [0.717, 1.165) is 41.4 Å². The molecule has 1 aliphatic heterocycles. The predicted molar refractivity (Wildman–Crippen MR) is 93.3 cm³/mol. The minimum absolute atomic E-state index is 0.111. The summed E-state index contributed by atoms with van der Waals surface area (Å²) < 4.78 is 15.0. The van der Waals surface area contributed by atoms with Crippen LogP contribution in [0, 0.1) is 5.82 Å². The molecule has 3 aromatic rings. The SMILES string of the molecule is CC1Sc2nnc(-c3n[nH]c4c3CCC4)n2N=C1c1ccc(F)cc1. The number of hydrogen-bond donors (Lipinski definition) is 1. The summed E-state index contributed by atoms with van der Waals surface area (Å²) in [7, 11) is 0. The minimum Gasteiger partial charge on any atom is -0.282 e. The highest BCUT2D eigenvalue weighted by molar-refractivity contribution is 8.00. The molecule has 1 unspecified atom stereocenters. The van der Waals surface area contributed by atoms with E-state index in [1.165, 1.54) is 23.4 Å². The van der Waals surface area contributed by atoms with Crippen molar-refractivity contribution in [2.24, 2.45) is 5.10 Å². The molecule has 0 spiro atoms. The number of rotatable bonds is 2. The van der Waals surface area contributed by atoms with E-state index in [-0.39, 0.29) is 11.1 Å². The number of aromatic amines is 1. The van der Waals surface area contributed by atoms with Gasteiger partial charge in [0.25, 0.3) is 0 Å². The van der Waals surface area contributed by atoms with Gasteiger partial charge in [-0.2, -0.15) is 14.9 Å². The summed E-state index contributed by atoms with van der Waals surface area (Å²) in [4.78, 5) is 0. The molecule has 1 aliphatic carbocycles. The Bertz CT molecular complexity index is 987. The number of nitrogens with zero attached hydrogens (tertiary/aromatic N) is 5. The molecule has 3 heterocycles. The molecule has 0 saturated heterocycles. The topological polar surface area (TPSA) is 71.8 Å². The van der Waals surface area contributed by atoms with Gasteiger partial charge in [-0.05, 0) is 43.9 Å². The van der Waals surface area contributed by atoms with Gasteiger partial charge < -0.3 is 0 Å². The van der Waals surface area contributed by atoms with Crippen molar-refractivity contribution in [3.05, 3.63) is 46.9 Å². The van der Waals surface area contributed by atoms with Crippen LogP contribution in [0.15, 0.2) is 34.5 Å². The molecule has 1 atom stereocenters. The maximum atomic E-state index is 13.2. The number of halogens is 1. The zero-order valence-electron chi connectivity index (χ0n) is 13.5. The summed E-state index contributed by atoms with van der Waals surface area (Å²) in [6, 6.07) is 6.43. The largest absolute Gasteiger partial charge is 0.282 e. The Morgan fingerprint density at radius 3 is 2.88 bits per heavy atom. The van der Waals surface area contributed by atoms with Gasteiger partial charge in [0.05, 0.1) is 11.0 Å². The summed E-state index contributed by atoms with van der Waals surface area (Å²) in [5.74, 6) is 0.409. The second-order valence-corrected chi connectivity index (χ2v) is 7.56. The van der Waals surface area contributed by atoms with Crippen LogP contribution in [0.1, 0.15) is 30.2 Å². The number of aryl methyl sites for hydroxylation is 1. The Balaban J connectivity index is 1.63. The van der Waals surface area contributed by atoms with Crippen molar-refractivity contribution in [1.82, 2.24) is 25.1 Å². The number of nitrogens with one attached hydrogen (secondary N) is 1. The van der Waals surface area contributed by atoms with E-state index >= 15 is 0 Å². The summed E-state index contributed by atoms with van der Waals surface area (Å²) in [5, 5.41) is 21.8. The highest BCUT2D eigenvalue weighted by Crippen LogP contribution is 2.35. The number of hydrogen-bond acceptors (Lipinski definition) is 5. The van der Waals surface area contributed by atoms with Crippen molar-refractivity contribution in [3.8, 4) is 11.5 Å². The van der Waals surface area contributed by atoms with Crippen molar-refractivity contribution < 1.29 is 4.39 Å². The fourth-order valence-corrected chi connectivity index (χ4v) is 4.32. The molecule has 126 valence electrons. The smallest absolute Gasteiger partial charge is 0.213 e. The molecule has 1 N–H and O–H groups in total. The number of benzene rings is 1. The Morgan fingerprint density at radius 1 is 1.20 bits per heavy atom. The van der Waals surface area contributed by atoms with Gasteiger partial charge in [-0.1, -0.05) is 23.9 Å². The lowest BCUT2D eigenvalue weighted by Gasteiger charge is -2.19. The minimum atomic E-state index is -0.252. The maximum Gasteiger partial charge on any atom is 0.213 e. The molecular formula is C17H15FN6S. The van der Waals surface area contributed by atoms with E-state index in [1.807, 2.05) is 0 Å². The van der Waals surface area contributed by atoms with Crippen LogP contribution in [-0.4, -0.2) is 36.0 Å². The maximum absolute atomic E-state index is 13.2. The van der Waals surface area contributed by atoms with Crippen molar-refractivity contribution in [2.45, 2.75) is 36.6 Å². The Labute approximate surface area is 147 Å². The Morgan fingerprint density at radius 2 is 2.04 bits per heavy atom. The molecule has 0 fully saturated rings. The zero-order valence-corrected chi connectivity index (χ0v) is 14.3. The van der Waals surface area contributed by atoms with Crippen molar-refractivity contribution >= 4 is 17.5 Å². The molecule has 0 radical (unpaired) electrons. The number of H-pyrrole nitrogens is 1. The van der Waals surface area contributed by atoms with Crippen LogP contribution >= 0.6 is 11.8 Å². The van der Waals surface area contributed by atoms with Crippen LogP contribution < -0.4 is 0 Å². The summed E-state index contributed by atoms with van der Waals surface area (Å²) in [6.07, 6.45) is 3.16. The van der Waals surface area contributed by atoms with Crippen LogP contribution in [0.4, 0.5) is 4.39 Å². The Hall–Kier alpha value is -2.48. The lowest BCUT2D eigenvalue weighted by molar-refractivity contribution is 0.627. The molecule has 5 rings (SSSR count). The summed E-state index contributed by atoms with van der Waals surface area (Å²) in [6.45, 7) is 2.07. The third kappa shape index (κ3) is 2.31. The molecule has 8 heteroatoms.